The predicted octanol–water partition coefficient (Wildman–Crippen LogP) is 1.12. The fraction of sp³-hybridized carbons (Fsp3) is 0.364. The van der Waals surface area contributed by atoms with Gasteiger partial charge in [-0.15, -0.1) is 0 Å². The van der Waals surface area contributed by atoms with Gasteiger partial charge in [0.05, 0.1) is 0 Å². The Hall–Kier alpha value is -1.35. The maximum atomic E-state index is 11.4. The van der Waals surface area contributed by atoms with Gasteiger partial charge in [-0.25, -0.2) is 0 Å². The first-order valence-corrected chi connectivity index (χ1v) is 4.48. The molecule has 0 aliphatic heterocycles. The first-order valence-electron chi connectivity index (χ1n) is 4.48. The number of carbonyl (C=O) groups excluding carboxylic acids is 1. The minimum atomic E-state index is -1.05. The zero-order valence-electron chi connectivity index (χ0n) is 8.69. The first kappa shape index (κ1) is 10.7. The van der Waals surface area contributed by atoms with E-state index in [1.807, 2.05) is 19.1 Å². The molecule has 1 aromatic rings. The number of likely N-dealkylation sites (N-methyl/N-ethyl adjacent to an activating group) is 1. The Bertz CT molecular complexity index is 317. The van der Waals surface area contributed by atoms with Crippen molar-refractivity contribution in [2.45, 2.75) is 13.0 Å². The minimum absolute atomic E-state index is 0.297. The third-order valence-electron chi connectivity index (χ3n) is 2.07. The summed E-state index contributed by atoms with van der Waals surface area (Å²) in [6.45, 7) is 1.96. The van der Waals surface area contributed by atoms with Crippen molar-refractivity contribution < 1.29 is 9.90 Å². The number of nitrogens with zero attached hydrogens (tertiary/aromatic N) is 1. The van der Waals surface area contributed by atoms with E-state index in [4.69, 9.17) is 0 Å². The van der Waals surface area contributed by atoms with E-state index >= 15 is 0 Å². The Labute approximate surface area is 84.0 Å². The average Bonchev–Trinajstić information content (AvgIpc) is 2.16. The molecule has 0 bridgehead atoms. The van der Waals surface area contributed by atoms with Crippen LogP contribution in [-0.2, 0) is 4.79 Å². The fourth-order valence-electron chi connectivity index (χ4n) is 1.14. The van der Waals surface area contributed by atoms with Crippen LogP contribution in [0, 0.1) is 6.92 Å². The van der Waals surface area contributed by atoms with Gasteiger partial charge in [0.15, 0.2) is 6.10 Å². The van der Waals surface area contributed by atoms with Gasteiger partial charge >= 0.3 is 0 Å². The van der Waals surface area contributed by atoms with Crippen molar-refractivity contribution in [3.63, 3.8) is 0 Å². The summed E-state index contributed by atoms with van der Waals surface area (Å²) in [5.74, 6) is -0.297. The lowest BCUT2D eigenvalue weighted by Crippen LogP contribution is -2.27. The largest absolute Gasteiger partial charge is 0.378 e. The zero-order valence-corrected chi connectivity index (χ0v) is 8.69. The van der Waals surface area contributed by atoms with Crippen LogP contribution < -0.4 is 0 Å². The molecule has 0 spiro atoms. The van der Waals surface area contributed by atoms with E-state index in [2.05, 4.69) is 0 Å². The second-order valence-electron chi connectivity index (χ2n) is 3.55. The second-order valence-corrected chi connectivity index (χ2v) is 3.55. The summed E-state index contributed by atoms with van der Waals surface area (Å²) in [7, 11) is 3.25. The Morgan fingerprint density at radius 2 is 1.79 bits per heavy atom. The van der Waals surface area contributed by atoms with Crippen LogP contribution in [0.2, 0.25) is 0 Å². The highest BCUT2D eigenvalue weighted by Gasteiger charge is 2.18. The first-order chi connectivity index (χ1) is 6.52. The number of carbonyl (C=O) groups is 1. The molecule has 0 aromatic heterocycles. The number of aryl methyl sites for hydroxylation is 1. The van der Waals surface area contributed by atoms with Crippen LogP contribution in [0.1, 0.15) is 17.2 Å². The highest BCUT2D eigenvalue weighted by molar-refractivity contribution is 5.81. The molecule has 3 heteroatoms. The molecule has 0 saturated heterocycles. The number of hydrogen-bond donors (Lipinski definition) is 1. The van der Waals surface area contributed by atoms with Crippen molar-refractivity contribution in [1.29, 1.82) is 0 Å². The Balaban J connectivity index is 2.84. The normalized spacial score (nSPS) is 12.3. The third kappa shape index (κ3) is 2.33. The molecule has 1 N–H and O–H groups in total. The van der Waals surface area contributed by atoms with Crippen molar-refractivity contribution >= 4 is 5.91 Å². The highest BCUT2D eigenvalue weighted by Crippen LogP contribution is 2.15. The van der Waals surface area contributed by atoms with Crippen LogP contribution in [-0.4, -0.2) is 30.0 Å². The van der Waals surface area contributed by atoms with Gasteiger partial charge in [0.25, 0.3) is 5.91 Å². The second kappa shape index (κ2) is 4.24. The van der Waals surface area contributed by atoms with Gasteiger partial charge < -0.3 is 10.0 Å². The SMILES string of the molecule is Cc1ccc(C(O)C(=O)N(C)C)cc1. The number of amides is 1. The van der Waals surface area contributed by atoms with E-state index in [0.717, 1.165) is 5.56 Å². The summed E-state index contributed by atoms with van der Waals surface area (Å²) in [5, 5.41) is 9.66. The highest BCUT2D eigenvalue weighted by atomic mass is 16.3. The molecule has 3 nitrogen and oxygen atoms in total. The maximum Gasteiger partial charge on any atom is 0.255 e. The molecule has 1 amide bonds. The molecule has 0 heterocycles. The summed E-state index contributed by atoms with van der Waals surface area (Å²) in [6.07, 6.45) is -1.05. The van der Waals surface area contributed by atoms with Gasteiger partial charge in [-0.3, -0.25) is 4.79 Å². The van der Waals surface area contributed by atoms with Crippen molar-refractivity contribution in [2.24, 2.45) is 0 Å². The van der Waals surface area contributed by atoms with E-state index < -0.39 is 6.10 Å². The zero-order chi connectivity index (χ0) is 10.7. The van der Waals surface area contributed by atoms with Crippen molar-refractivity contribution in [1.82, 2.24) is 4.90 Å². The number of rotatable bonds is 2. The van der Waals surface area contributed by atoms with Gasteiger partial charge in [-0.2, -0.15) is 0 Å². The lowest BCUT2D eigenvalue weighted by molar-refractivity contribution is -0.137. The maximum absolute atomic E-state index is 11.4. The van der Waals surface area contributed by atoms with Gasteiger partial charge in [-0.05, 0) is 12.5 Å². The molecule has 0 radical (unpaired) electrons. The summed E-state index contributed by atoms with van der Waals surface area (Å²) in [5.41, 5.74) is 1.74. The monoisotopic (exact) mass is 193 g/mol. The predicted molar refractivity (Wildman–Crippen MR) is 54.8 cm³/mol. The smallest absolute Gasteiger partial charge is 0.255 e. The van der Waals surface area contributed by atoms with Crippen LogP contribution in [0.25, 0.3) is 0 Å². The summed E-state index contributed by atoms with van der Waals surface area (Å²) in [6, 6.07) is 7.28. The van der Waals surface area contributed by atoms with Crippen molar-refractivity contribution in [3.8, 4) is 0 Å². The molecular formula is C11H15NO2. The molecule has 0 aliphatic carbocycles. The van der Waals surface area contributed by atoms with Gasteiger partial charge in [0.2, 0.25) is 0 Å². The van der Waals surface area contributed by atoms with E-state index in [9.17, 15) is 9.90 Å². The molecule has 0 aliphatic rings. The molecule has 0 fully saturated rings. The van der Waals surface area contributed by atoms with Gasteiger partial charge in [0, 0.05) is 14.1 Å². The number of aliphatic hydroxyl groups is 1. The van der Waals surface area contributed by atoms with Gasteiger partial charge in [0.1, 0.15) is 0 Å². The number of hydrogen-bond acceptors (Lipinski definition) is 2. The van der Waals surface area contributed by atoms with Crippen LogP contribution >= 0.6 is 0 Å². The van der Waals surface area contributed by atoms with Gasteiger partial charge in [-0.1, -0.05) is 29.8 Å². The van der Waals surface area contributed by atoms with Crippen LogP contribution in [0.15, 0.2) is 24.3 Å². The molecule has 1 unspecified atom stereocenters. The van der Waals surface area contributed by atoms with E-state index in [-0.39, 0.29) is 5.91 Å². The average molecular weight is 193 g/mol. The topological polar surface area (TPSA) is 40.5 Å². The molecule has 1 aromatic carbocycles. The van der Waals surface area contributed by atoms with E-state index in [1.54, 1.807) is 26.2 Å². The molecule has 14 heavy (non-hydrogen) atoms. The molecule has 1 atom stereocenters. The van der Waals surface area contributed by atoms with Crippen molar-refractivity contribution in [3.05, 3.63) is 35.4 Å². The van der Waals surface area contributed by atoms with Crippen molar-refractivity contribution in [2.75, 3.05) is 14.1 Å². The lowest BCUT2D eigenvalue weighted by atomic mass is 10.1. The van der Waals surface area contributed by atoms with Crippen LogP contribution in [0.4, 0.5) is 0 Å². The van der Waals surface area contributed by atoms with E-state index in [0.29, 0.717) is 5.56 Å². The molecule has 0 saturated carbocycles. The van der Waals surface area contributed by atoms with E-state index in [1.165, 1.54) is 4.90 Å². The lowest BCUT2D eigenvalue weighted by Gasteiger charge is -2.15. The Morgan fingerprint density at radius 1 is 1.29 bits per heavy atom. The van der Waals surface area contributed by atoms with Crippen LogP contribution in [0.3, 0.4) is 0 Å². The Kier molecular flexibility index (Phi) is 3.25. The number of aliphatic hydroxyl groups excluding tert-OH is 1. The molecule has 1 rings (SSSR count). The molecular weight excluding hydrogens is 178 g/mol. The minimum Gasteiger partial charge on any atom is -0.378 e. The standard InChI is InChI=1S/C11H15NO2/c1-8-4-6-9(7-5-8)10(13)11(14)12(2)3/h4-7,10,13H,1-3H3. The fourth-order valence-corrected chi connectivity index (χ4v) is 1.14. The summed E-state index contributed by atoms with van der Waals surface area (Å²) in [4.78, 5) is 12.8. The summed E-state index contributed by atoms with van der Waals surface area (Å²) < 4.78 is 0. The summed E-state index contributed by atoms with van der Waals surface area (Å²) >= 11 is 0. The Morgan fingerprint density at radius 3 is 2.21 bits per heavy atom. The van der Waals surface area contributed by atoms with Crippen LogP contribution in [0.5, 0.6) is 0 Å². The quantitative estimate of drug-likeness (QED) is 0.764. The number of benzene rings is 1. The molecule has 76 valence electrons. The third-order valence-corrected chi connectivity index (χ3v) is 2.07.